The maximum absolute atomic E-state index is 13.1. The number of rotatable bonds is 5. The fraction of sp³-hybridized carbons (Fsp3) is 0.192. The molecule has 0 spiro atoms. The molecule has 0 unspecified atom stereocenters. The summed E-state index contributed by atoms with van der Waals surface area (Å²) in [6.45, 7) is 8.73. The predicted octanol–water partition coefficient (Wildman–Crippen LogP) is 4.62. The molecule has 1 heterocycles. The van der Waals surface area contributed by atoms with Crippen LogP contribution >= 0.6 is 11.6 Å². The van der Waals surface area contributed by atoms with E-state index in [1.165, 1.54) is 0 Å². The first-order valence-electron chi connectivity index (χ1n) is 10.6. The lowest BCUT2D eigenvalue weighted by Crippen LogP contribution is -2.51. The third kappa shape index (κ3) is 5.00. The number of anilines is 1. The molecule has 1 aliphatic rings. The molecule has 4 rings (SSSR count). The van der Waals surface area contributed by atoms with Gasteiger partial charge in [-0.1, -0.05) is 66.2 Å². The minimum Gasteiger partial charge on any atom is -0.366 e. The Kier molecular flexibility index (Phi) is 6.62. The van der Waals surface area contributed by atoms with Crippen LogP contribution in [0.5, 0.6) is 0 Å². The quantitative estimate of drug-likeness (QED) is 0.567. The molecule has 0 radical (unpaired) electrons. The van der Waals surface area contributed by atoms with Gasteiger partial charge in [0, 0.05) is 25.2 Å². The number of hydrogen-bond acceptors (Lipinski definition) is 3. The molecule has 3 aromatic carbocycles. The number of amides is 2. The Balaban J connectivity index is 1.58. The fourth-order valence-electron chi connectivity index (χ4n) is 4.13. The highest BCUT2D eigenvalue weighted by molar-refractivity contribution is 6.33. The van der Waals surface area contributed by atoms with Crippen molar-refractivity contribution in [3.63, 3.8) is 0 Å². The van der Waals surface area contributed by atoms with E-state index in [0.29, 0.717) is 35.9 Å². The van der Waals surface area contributed by atoms with Gasteiger partial charge in [-0.15, -0.1) is 0 Å². The Labute approximate surface area is 198 Å². The number of nitrogens with zero attached hydrogens (tertiary/aromatic N) is 3. The first-order valence-corrected chi connectivity index (χ1v) is 11.0. The Hall–Kier alpha value is -3.82. The molecule has 0 aliphatic carbocycles. The minimum absolute atomic E-state index is 0.0429. The summed E-state index contributed by atoms with van der Waals surface area (Å²) in [7, 11) is 0. The number of piperazine rings is 1. The van der Waals surface area contributed by atoms with Crippen LogP contribution in [-0.2, 0) is 11.2 Å². The van der Waals surface area contributed by atoms with Gasteiger partial charge in [0.2, 0.25) is 11.8 Å². The monoisotopic (exact) mass is 458 g/mol. The molecule has 0 saturated carbocycles. The molecule has 1 aliphatic heterocycles. The van der Waals surface area contributed by atoms with Crippen LogP contribution in [0.15, 0.2) is 72.8 Å². The van der Waals surface area contributed by atoms with Gasteiger partial charge in [-0.3, -0.25) is 9.59 Å². The second-order valence-electron chi connectivity index (χ2n) is 7.95. The maximum Gasteiger partial charge on any atom is 0.248 e. The van der Waals surface area contributed by atoms with Crippen LogP contribution in [0.3, 0.4) is 0 Å². The number of hydrogen-bond donors (Lipinski definition) is 1. The van der Waals surface area contributed by atoms with E-state index in [0.717, 1.165) is 16.8 Å². The lowest BCUT2D eigenvalue weighted by Gasteiger charge is -2.43. The van der Waals surface area contributed by atoms with Crippen molar-refractivity contribution in [2.24, 2.45) is 5.73 Å². The summed E-state index contributed by atoms with van der Waals surface area (Å²) in [5.41, 5.74) is 9.07. The van der Waals surface area contributed by atoms with Gasteiger partial charge >= 0.3 is 0 Å². The second kappa shape index (κ2) is 9.76. The average Bonchev–Trinajstić information content (AvgIpc) is 2.84. The van der Waals surface area contributed by atoms with E-state index < -0.39 is 5.91 Å². The van der Waals surface area contributed by atoms with E-state index in [9.17, 15) is 9.59 Å². The summed E-state index contributed by atoms with van der Waals surface area (Å²) in [5.74, 6) is -0.482. The Morgan fingerprint density at radius 2 is 1.76 bits per heavy atom. The van der Waals surface area contributed by atoms with Crippen LogP contribution < -0.4 is 10.6 Å². The van der Waals surface area contributed by atoms with Crippen LogP contribution in [0.2, 0.25) is 5.02 Å². The molecule has 0 aromatic heterocycles. The van der Waals surface area contributed by atoms with Crippen molar-refractivity contribution in [3.05, 3.63) is 106 Å². The highest BCUT2D eigenvalue weighted by Crippen LogP contribution is 2.36. The lowest BCUT2D eigenvalue weighted by molar-refractivity contribution is -0.131. The average molecular weight is 459 g/mol. The molecule has 0 bridgehead atoms. The zero-order chi connectivity index (χ0) is 23.4. The summed E-state index contributed by atoms with van der Waals surface area (Å²) < 4.78 is 0. The molecule has 166 valence electrons. The number of nitrogens with two attached hydrogens (primary N) is 1. The highest BCUT2D eigenvalue weighted by Gasteiger charge is 2.31. The lowest BCUT2D eigenvalue weighted by atomic mass is 10.00. The van der Waals surface area contributed by atoms with E-state index in [1.807, 2.05) is 53.4 Å². The molecule has 2 amide bonds. The molecular weight excluding hydrogens is 436 g/mol. The van der Waals surface area contributed by atoms with E-state index in [4.69, 9.17) is 23.9 Å². The SMILES string of the molecule is [C-]#[N+]c1ccc(CC(=O)N2CCN(c3ccc(C(N)=O)cc3Cl)[C@H](c3ccccc3)C2)cc1. The first-order chi connectivity index (χ1) is 16.0. The van der Waals surface area contributed by atoms with Crippen molar-refractivity contribution in [1.82, 2.24) is 4.90 Å². The molecule has 6 nitrogen and oxygen atoms in total. The molecular formula is C26H23ClN4O2. The van der Waals surface area contributed by atoms with Crippen molar-refractivity contribution in [1.29, 1.82) is 0 Å². The van der Waals surface area contributed by atoms with E-state index in [2.05, 4.69) is 9.74 Å². The fourth-order valence-corrected chi connectivity index (χ4v) is 4.42. The number of benzene rings is 3. The number of halogens is 1. The van der Waals surface area contributed by atoms with Gasteiger partial charge in [-0.05, 0) is 29.3 Å². The Morgan fingerprint density at radius 3 is 2.39 bits per heavy atom. The van der Waals surface area contributed by atoms with Gasteiger partial charge in [0.05, 0.1) is 29.7 Å². The molecule has 7 heteroatoms. The summed E-state index contributed by atoms with van der Waals surface area (Å²) in [5, 5.41) is 0.451. The van der Waals surface area contributed by atoms with Crippen molar-refractivity contribution < 1.29 is 9.59 Å². The minimum atomic E-state index is -0.525. The van der Waals surface area contributed by atoms with Crippen molar-refractivity contribution >= 4 is 34.8 Å². The zero-order valence-electron chi connectivity index (χ0n) is 17.9. The third-order valence-corrected chi connectivity index (χ3v) is 6.18. The van der Waals surface area contributed by atoms with Crippen molar-refractivity contribution in [2.45, 2.75) is 12.5 Å². The summed E-state index contributed by atoms with van der Waals surface area (Å²) in [6.07, 6.45) is 0.286. The zero-order valence-corrected chi connectivity index (χ0v) is 18.7. The normalized spacial score (nSPS) is 15.7. The molecule has 1 atom stereocenters. The Bertz CT molecular complexity index is 1210. The predicted molar refractivity (Wildman–Crippen MR) is 129 cm³/mol. The van der Waals surface area contributed by atoms with E-state index in [1.54, 1.807) is 24.3 Å². The number of carbonyl (C=O) groups excluding carboxylic acids is 2. The van der Waals surface area contributed by atoms with Crippen molar-refractivity contribution in [3.8, 4) is 0 Å². The van der Waals surface area contributed by atoms with Gasteiger partial charge in [0.25, 0.3) is 0 Å². The summed E-state index contributed by atoms with van der Waals surface area (Å²) >= 11 is 6.54. The summed E-state index contributed by atoms with van der Waals surface area (Å²) in [6, 6.07) is 22.1. The molecule has 3 aromatic rings. The van der Waals surface area contributed by atoms with Crippen molar-refractivity contribution in [2.75, 3.05) is 24.5 Å². The summed E-state index contributed by atoms with van der Waals surface area (Å²) in [4.78, 5) is 32.1. The first kappa shape index (κ1) is 22.4. The second-order valence-corrected chi connectivity index (χ2v) is 8.35. The maximum atomic E-state index is 13.1. The number of carbonyl (C=O) groups is 2. The van der Waals surface area contributed by atoms with Gasteiger partial charge in [-0.25, -0.2) is 4.85 Å². The largest absolute Gasteiger partial charge is 0.366 e. The topological polar surface area (TPSA) is 71.0 Å². The van der Waals surface area contributed by atoms with Gasteiger partial charge in [0.1, 0.15) is 0 Å². The van der Waals surface area contributed by atoms with Crippen LogP contribution in [-0.4, -0.2) is 36.3 Å². The van der Waals surface area contributed by atoms with Gasteiger partial charge in [0.15, 0.2) is 5.69 Å². The van der Waals surface area contributed by atoms with Crippen LogP contribution in [0, 0.1) is 6.57 Å². The van der Waals surface area contributed by atoms with Gasteiger partial charge in [-0.2, -0.15) is 0 Å². The molecule has 1 saturated heterocycles. The van der Waals surface area contributed by atoms with Gasteiger partial charge < -0.3 is 15.5 Å². The molecule has 2 N–H and O–H groups in total. The van der Waals surface area contributed by atoms with Crippen LogP contribution in [0.25, 0.3) is 4.85 Å². The standard InChI is InChI=1S/C26H23ClN4O2/c1-29-21-10-7-18(8-11-21)15-25(32)30-13-14-31(24(17-30)19-5-3-2-4-6-19)23-12-9-20(26(28)33)16-22(23)27/h2-12,16,24H,13-15,17H2,(H2,28,33)/t24-/m0/s1. The highest BCUT2D eigenvalue weighted by atomic mass is 35.5. The molecule has 1 fully saturated rings. The number of primary amides is 1. The van der Waals surface area contributed by atoms with E-state index in [-0.39, 0.29) is 18.4 Å². The van der Waals surface area contributed by atoms with Crippen LogP contribution in [0.1, 0.15) is 27.5 Å². The third-order valence-electron chi connectivity index (χ3n) is 5.88. The Morgan fingerprint density at radius 1 is 1.03 bits per heavy atom. The van der Waals surface area contributed by atoms with E-state index >= 15 is 0 Å². The molecule has 33 heavy (non-hydrogen) atoms. The smallest absolute Gasteiger partial charge is 0.248 e. The van der Waals surface area contributed by atoms with Crippen LogP contribution in [0.4, 0.5) is 11.4 Å².